The zero-order valence-electron chi connectivity index (χ0n) is 16.9. The second-order valence-electron chi connectivity index (χ2n) is 10.8. The maximum Gasteiger partial charge on any atom is 0.220 e. The van der Waals surface area contributed by atoms with Crippen molar-refractivity contribution in [2.45, 2.75) is 88.4 Å². The molecule has 1 aromatic carbocycles. The van der Waals surface area contributed by atoms with Gasteiger partial charge in [0.2, 0.25) is 5.91 Å². The Bertz CT molecular complexity index is 741. The maximum absolute atomic E-state index is 13.0. The number of rotatable bonds is 3. The molecule has 7 rings (SSSR count). The third-order valence-electron chi connectivity index (χ3n) is 8.84. The number of nitrogens with one attached hydrogen (secondary N) is 1. The molecule has 150 valence electrons. The smallest absolute Gasteiger partial charge is 0.220 e. The van der Waals surface area contributed by atoms with Crippen LogP contribution < -0.4 is 5.32 Å². The largest absolute Gasteiger partial charge is 0.366 e. The predicted molar refractivity (Wildman–Crippen MR) is 109 cm³/mol. The summed E-state index contributed by atoms with van der Waals surface area (Å²) in [7, 11) is 0. The van der Waals surface area contributed by atoms with Gasteiger partial charge in [0.15, 0.2) is 0 Å². The van der Waals surface area contributed by atoms with E-state index in [9.17, 15) is 4.79 Å². The molecule has 28 heavy (non-hydrogen) atoms. The van der Waals surface area contributed by atoms with Crippen molar-refractivity contribution in [2.24, 2.45) is 23.7 Å². The van der Waals surface area contributed by atoms with E-state index in [1.807, 2.05) is 0 Å². The lowest BCUT2D eigenvalue weighted by molar-refractivity contribution is -0.129. The highest BCUT2D eigenvalue weighted by molar-refractivity contribution is 5.77. The summed E-state index contributed by atoms with van der Waals surface area (Å²) in [5, 5.41) is 3.58. The third-order valence-corrected chi connectivity index (χ3v) is 8.84. The van der Waals surface area contributed by atoms with E-state index in [0.717, 1.165) is 56.5 Å². The van der Waals surface area contributed by atoms with E-state index in [4.69, 9.17) is 4.74 Å². The number of carbonyl (C=O) groups is 1. The lowest BCUT2D eigenvalue weighted by atomic mass is 9.53. The third kappa shape index (κ3) is 2.84. The van der Waals surface area contributed by atoms with Crippen LogP contribution in [0, 0.1) is 23.7 Å². The van der Waals surface area contributed by atoms with E-state index in [1.165, 1.54) is 49.7 Å². The molecule has 5 saturated carbocycles. The first-order chi connectivity index (χ1) is 13.6. The Labute approximate surface area is 168 Å². The van der Waals surface area contributed by atoms with Crippen LogP contribution in [0.15, 0.2) is 24.3 Å². The topological polar surface area (TPSA) is 38.3 Å². The zero-order chi connectivity index (χ0) is 18.8. The quantitative estimate of drug-likeness (QED) is 0.795. The summed E-state index contributed by atoms with van der Waals surface area (Å²) in [4.78, 5) is 13.0. The Morgan fingerprint density at radius 3 is 2.32 bits per heavy atom. The lowest BCUT2D eigenvalue weighted by Crippen LogP contribution is -2.60. The summed E-state index contributed by atoms with van der Waals surface area (Å²) in [6.45, 7) is 0.757. The number of hydrogen-bond acceptors (Lipinski definition) is 2. The first-order valence-electron chi connectivity index (χ1n) is 11.6. The van der Waals surface area contributed by atoms with Crippen molar-refractivity contribution < 1.29 is 9.53 Å². The highest BCUT2D eigenvalue weighted by Crippen LogP contribution is 2.56. The van der Waals surface area contributed by atoms with Crippen LogP contribution in [0.2, 0.25) is 0 Å². The van der Waals surface area contributed by atoms with E-state index in [-0.39, 0.29) is 11.1 Å². The van der Waals surface area contributed by atoms with Crippen molar-refractivity contribution in [2.75, 3.05) is 0 Å². The molecular weight excluding hydrogens is 346 g/mol. The van der Waals surface area contributed by atoms with Gasteiger partial charge < -0.3 is 10.1 Å². The molecule has 0 saturated heterocycles. The standard InChI is InChI=1S/C25H33NO2/c27-23(26-24-13-18-9-19(14-24)11-20(10-18)15-24)12-17-5-7-25(8-6-17)22-4-2-1-3-21(22)16-28-25/h1-4,17-20H,5-16H2,(H,26,27). The van der Waals surface area contributed by atoms with E-state index in [0.29, 0.717) is 11.8 Å². The highest BCUT2D eigenvalue weighted by Gasteiger charge is 2.51. The number of amides is 1. The number of hydrogen-bond donors (Lipinski definition) is 1. The SMILES string of the molecule is O=C(CC1CCC2(CC1)OCc1ccccc12)NC12CC3CC(CC(C3)C1)C2. The second kappa shape index (κ2) is 6.32. The molecular formula is C25H33NO2. The van der Waals surface area contributed by atoms with Gasteiger partial charge in [-0.3, -0.25) is 4.79 Å². The Balaban J connectivity index is 1.07. The van der Waals surface area contributed by atoms with Gasteiger partial charge in [0, 0.05) is 12.0 Å². The Kier molecular flexibility index (Phi) is 3.95. The van der Waals surface area contributed by atoms with E-state index >= 15 is 0 Å². The van der Waals surface area contributed by atoms with Gasteiger partial charge in [0.1, 0.15) is 0 Å². The van der Waals surface area contributed by atoms with E-state index in [2.05, 4.69) is 29.6 Å². The minimum Gasteiger partial charge on any atom is -0.366 e. The van der Waals surface area contributed by atoms with Crippen LogP contribution in [0.25, 0.3) is 0 Å². The second-order valence-corrected chi connectivity index (χ2v) is 10.8. The monoisotopic (exact) mass is 379 g/mol. The van der Waals surface area contributed by atoms with Crippen molar-refractivity contribution >= 4 is 5.91 Å². The Morgan fingerprint density at radius 2 is 1.64 bits per heavy atom. The highest BCUT2D eigenvalue weighted by atomic mass is 16.5. The summed E-state index contributed by atoms with van der Waals surface area (Å²) in [5.74, 6) is 3.52. The molecule has 1 aromatic rings. The molecule has 0 aromatic heterocycles. The van der Waals surface area contributed by atoms with E-state index in [1.54, 1.807) is 0 Å². The van der Waals surface area contributed by atoms with Crippen molar-refractivity contribution in [3.8, 4) is 0 Å². The summed E-state index contributed by atoms with van der Waals surface area (Å²) >= 11 is 0. The molecule has 5 fully saturated rings. The van der Waals surface area contributed by atoms with Gasteiger partial charge in [-0.15, -0.1) is 0 Å². The Morgan fingerprint density at radius 1 is 1.00 bits per heavy atom. The molecule has 1 N–H and O–H groups in total. The molecule has 4 bridgehead atoms. The maximum atomic E-state index is 13.0. The Hall–Kier alpha value is -1.35. The van der Waals surface area contributed by atoms with Crippen LogP contribution in [0.4, 0.5) is 0 Å². The van der Waals surface area contributed by atoms with Crippen LogP contribution in [-0.4, -0.2) is 11.4 Å². The predicted octanol–water partition coefficient (Wildman–Crippen LogP) is 5.08. The first-order valence-corrected chi connectivity index (χ1v) is 11.6. The number of fused-ring (bicyclic) bond motifs is 2. The van der Waals surface area contributed by atoms with Crippen LogP contribution in [0.5, 0.6) is 0 Å². The fourth-order valence-electron chi connectivity index (χ4n) is 8.02. The molecule has 1 amide bonds. The summed E-state index contributed by atoms with van der Waals surface area (Å²) in [6, 6.07) is 8.71. The lowest BCUT2D eigenvalue weighted by Gasteiger charge is -2.57. The minimum atomic E-state index is -0.0660. The van der Waals surface area contributed by atoms with Gasteiger partial charge in [-0.05, 0) is 99.0 Å². The normalized spacial score (nSPS) is 43.3. The molecule has 0 atom stereocenters. The number of benzene rings is 1. The molecule has 6 aliphatic rings. The van der Waals surface area contributed by atoms with E-state index < -0.39 is 0 Å². The van der Waals surface area contributed by atoms with Crippen molar-refractivity contribution in [1.29, 1.82) is 0 Å². The average Bonchev–Trinajstić information content (AvgIpc) is 3.01. The van der Waals surface area contributed by atoms with Gasteiger partial charge in [-0.2, -0.15) is 0 Å². The van der Waals surface area contributed by atoms with Gasteiger partial charge in [-0.25, -0.2) is 0 Å². The molecule has 3 heteroatoms. The molecule has 3 nitrogen and oxygen atoms in total. The fraction of sp³-hybridized carbons (Fsp3) is 0.720. The molecule has 0 unspecified atom stereocenters. The molecule has 1 heterocycles. The summed E-state index contributed by atoms with van der Waals surface area (Å²) in [5.41, 5.74) is 2.87. The van der Waals surface area contributed by atoms with Gasteiger partial charge in [0.05, 0.1) is 12.2 Å². The first kappa shape index (κ1) is 17.5. The van der Waals surface area contributed by atoms with Crippen molar-refractivity contribution in [3.05, 3.63) is 35.4 Å². The van der Waals surface area contributed by atoms with Crippen molar-refractivity contribution in [3.63, 3.8) is 0 Å². The van der Waals surface area contributed by atoms with Crippen molar-refractivity contribution in [1.82, 2.24) is 5.32 Å². The van der Waals surface area contributed by atoms with Gasteiger partial charge >= 0.3 is 0 Å². The van der Waals surface area contributed by atoms with Crippen LogP contribution in [-0.2, 0) is 21.7 Å². The van der Waals surface area contributed by atoms with Crippen LogP contribution in [0.3, 0.4) is 0 Å². The number of carbonyl (C=O) groups excluding carboxylic acids is 1. The van der Waals surface area contributed by atoms with Gasteiger partial charge in [0.25, 0.3) is 0 Å². The molecule has 0 radical (unpaired) electrons. The summed E-state index contributed by atoms with van der Waals surface area (Å²) < 4.78 is 6.30. The zero-order valence-corrected chi connectivity index (χ0v) is 16.9. The number of ether oxygens (including phenoxy) is 1. The molecule has 5 aliphatic carbocycles. The summed E-state index contributed by atoms with van der Waals surface area (Å²) in [6.07, 6.45) is 13.1. The van der Waals surface area contributed by atoms with Gasteiger partial charge in [-0.1, -0.05) is 24.3 Å². The fourth-order valence-corrected chi connectivity index (χ4v) is 8.02. The molecule has 1 spiro atoms. The van der Waals surface area contributed by atoms with Crippen LogP contribution >= 0.6 is 0 Å². The molecule has 1 aliphatic heterocycles. The van der Waals surface area contributed by atoms with Crippen LogP contribution in [0.1, 0.15) is 81.8 Å². The average molecular weight is 380 g/mol. The minimum absolute atomic E-state index is 0.0660.